The molecule has 0 bridgehead atoms. The Labute approximate surface area is 144 Å². The zero-order valence-electron chi connectivity index (χ0n) is 12.7. The molecule has 0 saturated carbocycles. The fraction of sp³-hybridized carbons (Fsp3) is 0.200. The molecule has 0 unspecified atom stereocenters. The number of carbonyl (C=O) groups is 3. The van der Waals surface area contributed by atoms with Crippen molar-refractivity contribution >= 4 is 48.5 Å². The van der Waals surface area contributed by atoms with Crippen molar-refractivity contribution in [3.63, 3.8) is 0 Å². The van der Waals surface area contributed by atoms with E-state index in [9.17, 15) is 14.4 Å². The monoisotopic (exact) mass is 399 g/mol. The second-order valence-electron chi connectivity index (χ2n) is 4.75. The summed E-state index contributed by atoms with van der Waals surface area (Å²) in [5.74, 6) is -1.62. The normalized spacial score (nSPS) is 10.3. The molecule has 0 N–H and O–H groups in total. The fourth-order valence-electron chi connectivity index (χ4n) is 1.89. The number of amides is 3. The number of aryl methyl sites for hydroxylation is 1. The van der Waals surface area contributed by atoms with Crippen molar-refractivity contribution < 1.29 is 14.4 Å². The topological polar surface area (TPSA) is 70.6 Å². The molecule has 0 aliphatic rings. The minimum atomic E-state index is -0.604. The number of halogens is 1. The summed E-state index contributed by atoms with van der Waals surface area (Å²) in [5.41, 5.74) is 1.01. The second kappa shape index (κ2) is 7.08. The summed E-state index contributed by atoms with van der Waals surface area (Å²) in [6, 6.07) is 6.11. The number of benzene rings is 1. The van der Waals surface area contributed by atoms with Gasteiger partial charge in [-0.25, -0.2) is 0 Å². The first-order valence-electron chi connectivity index (χ1n) is 6.64. The van der Waals surface area contributed by atoms with Crippen LogP contribution < -0.4 is 5.01 Å². The van der Waals surface area contributed by atoms with E-state index in [0.717, 1.165) is 15.7 Å². The van der Waals surface area contributed by atoms with Gasteiger partial charge in [-0.1, -0.05) is 0 Å². The summed E-state index contributed by atoms with van der Waals surface area (Å²) < 4.78 is 0.403. The van der Waals surface area contributed by atoms with Gasteiger partial charge in [0, 0.05) is 0 Å². The SMILES string of the molecule is CC(=O)N(C(=O)c1ccc(Cl)cc1)N(C(C)=O)c1nc(C)c[se]1. The molecule has 1 heterocycles. The first-order valence-corrected chi connectivity index (χ1v) is 8.87. The summed E-state index contributed by atoms with van der Waals surface area (Å²) >= 11 is 5.59. The van der Waals surface area contributed by atoms with E-state index in [2.05, 4.69) is 4.98 Å². The number of imide groups is 1. The standard InChI is InChI=1S/C15H14ClN3O3Se/c1-9-8-23-15(17-9)19(11(3)21)18(10(2)20)14(22)12-4-6-13(16)7-5-12/h4-8H,1-3H3. The molecule has 3 amide bonds. The van der Waals surface area contributed by atoms with Gasteiger partial charge in [0.2, 0.25) is 0 Å². The Hall–Kier alpha value is -1.95. The Morgan fingerprint density at radius 1 is 1.09 bits per heavy atom. The number of anilines is 1. The van der Waals surface area contributed by atoms with Crippen molar-refractivity contribution in [2.75, 3.05) is 5.01 Å². The Kier molecular flexibility index (Phi) is 5.36. The molecule has 0 atom stereocenters. The van der Waals surface area contributed by atoms with Gasteiger partial charge in [-0.3, -0.25) is 0 Å². The quantitative estimate of drug-likeness (QED) is 0.573. The van der Waals surface area contributed by atoms with E-state index in [4.69, 9.17) is 11.6 Å². The summed E-state index contributed by atoms with van der Waals surface area (Å²) in [7, 11) is 0. The molecule has 1 aromatic carbocycles. The predicted octanol–water partition coefficient (Wildman–Crippen LogP) is 2.06. The third kappa shape index (κ3) is 3.88. The molecule has 23 heavy (non-hydrogen) atoms. The minimum absolute atomic E-state index is 0.219. The van der Waals surface area contributed by atoms with Crippen LogP contribution >= 0.6 is 11.6 Å². The zero-order valence-corrected chi connectivity index (χ0v) is 15.2. The number of hydrogen-bond donors (Lipinski definition) is 0. The van der Waals surface area contributed by atoms with Crippen LogP contribution in [0.15, 0.2) is 29.2 Å². The summed E-state index contributed by atoms with van der Waals surface area (Å²) in [5, 5.41) is 2.34. The van der Waals surface area contributed by atoms with E-state index in [-0.39, 0.29) is 20.1 Å². The van der Waals surface area contributed by atoms with Crippen molar-refractivity contribution in [1.82, 2.24) is 9.99 Å². The van der Waals surface area contributed by atoms with Crippen molar-refractivity contribution in [2.45, 2.75) is 20.8 Å². The fourth-order valence-corrected chi connectivity index (χ4v) is 3.77. The molecule has 6 nitrogen and oxygen atoms in total. The van der Waals surface area contributed by atoms with Gasteiger partial charge in [0.15, 0.2) is 0 Å². The van der Waals surface area contributed by atoms with E-state index in [1.54, 1.807) is 19.1 Å². The van der Waals surface area contributed by atoms with Gasteiger partial charge in [0.1, 0.15) is 0 Å². The van der Waals surface area contributed by atoms with E-state index in [1.807, 2.05) is 4.94 Å². The first kappa shape index (κ1) is 17.4. The molecular formula is C15H14ClN3O3Se. The van der Waals surface area contributed by atoms with Crippen LogP contribution in [0.1, 0.15) is 29.9 Å². The maximum atomic E-state index is 12.7. The summed E-state index contributed by atoms with van der Waals surface area (Å²) in [6.45, 7) is 4.32. The number of rotatable bonds is 2. The van der Waals surface area contributed by atoms with Crippen molar-refractivity contribution in [2.24, 2.45) is 0 Å². The van der Waals surface area contributed by atoms with Crippen molar-refractivity contribution in [1.29, 1.82) is 0 Å². The Morgan fingerprint density at radius 3 is 2.13 bits per heavy atom. The predicted molar refractivity (Wildman–Crippen MR) is 87.4 cm³/mol. The molecule has 2 rings (SSSR count). The number of nitrogens with zero attached hydrogens (tertiary/aromatic N) is 3. The molecular weight excluding hydrogens is 385 g/mol. The molecule has 0 fully saturated rings. The molecule has 120 valence electrons. The maximum absolute atomic E-state index is 12.7. The van der Waals surface area contributed by atoms with Crippen LogP contribution in [-0.4, -0.2) is 42.2 Å². The van der Waals surface area contributed by atoms with Crippen LogP contribution in [0, 0.1) is 6.92 Å². The van der Waals surface area contributed by atoms with Crippen LogP contribution in [0.5, 0.6) is 0 Å². The number of aromatic nitrogens is 1. The second-order valence-corrected chi connectivity index (χ2v) is 6.94. The molecule has 1 aromatic heterocycles. The van der Waals surface area contributed by atoms with Gasteiger partial charge in [0.25, 0.3) is 0 Å². The molecule has 0 aliphatic carbocycles. The van der Waals surface area contributed by atoms with Gasteiger partial charge < -0.3 is 0 Å². The molecule has 0 radical (unpaired) electrons. The first-order chi connectivity index (χ1) is 10.8. The summed E-state index contributed by atoms with van der Waals surface area (Å²) in [6.07, 6.45) is 0. The van der Waals surface area contributed by atoms with E-state index in [0.29, 0.717) is 9.71 Å². The average molecular weight is 399 g/mol. The van der Waals surface area contributed by atoms with Gasteiger partial charge in [0.05, 0.1) is 0 Å². The van der Waals surface area contributed by atoms with Gasteiger partial charge >= 0.3 is 144 Å². The Balaban J connectivity index is 2.46. The number of hydrazine groups is 1. The van der Waals surface area contributed by atoms with Gasteiger partial charge in [-0.05, 0) is 0 Å². The van der Waals surface area contributed by atoms with Crippen LogP contribution in [0.3, 0.4) is 0 Å². The molecule has 0 spiro atoms. The van der Waals surface area contributed by atoms with Crippen LogP contribution in [0.25, 0.3) is 0 Å². The number of carbonyl (C=O) groups excluding carboxylic acids is 3. The zero-order chi connectivity index (χ0) is 17.1. The average Bonchev–Trinajstić information content (AvgIpc) is 2.90. The summed E-state index contributed by atoms with van der Waals surface area (Å²) in [4.78, 5) is 42.9. The third-order valence-corrected chi connectivity index (χ3v) is 5.08. The Bertz CT molecular complexity index is 758. The van der Waals surface area contributed by atoms with Crippen LogP contribution in [-0.2, 0) is 9.59 Å². The van der Waals surface area contributed by atoms with E-state index < -0.39 is 17.7 Å². The molecule has 0 saturated heterocycles. The molecule has 0 aliphatic heterocycles. The Morgan fingerprint density at radius 2 is 1.70 bits per heavy atom. The van der Waals surface area contributed by atoms with Crippen molar-refractivity contribution in [3.8, 4) is 0 Å². The molecule has 2 aromatic rings. The van der Waals surface area contributed by atoms with E-state index in [1.165, 1.54) is 26.0 Å². The van der Waals surface area contributed by atoms with Crippen molar-refractivity contribution in [3.05, 3.63) is 45.5 Å². The van der Waals surface area contributed by atoms with Gasteiger partial charge in [-0.2, -0.15) is 0 Å². The number of hydrogen-bond acceptors (Lipinski definition) is 4. The van der Waals surface area contributed by atoms with Crippen LogP contribution in [0.2, 0.25) is 5.02 Å². The van der Waals surface area contributed by atoms with E-state index >= 15 is 0 Å². The van der Waals surface area contributed by atoms with Gasteiger partial charge in [-0.15, -0.1) is 0 Å². The molecule has 8 heteroatoms. The third-order valence-electron chi connectivity index (χ3n) is 2.87. The van der Waals surface area contributed by atoms with Crippen LogP contribution in [0.4, 0.5) is 4.69 Å².